The van der Waals surface area contributed by atoms with Crippen molar-refractivity contribution in [3.8, 4) is 5.75 Å². The molecule has 1 aromatic heterocycles. The molecule has 0 aliphatic carbocycles. The molecule has 0 radical (unpaired) electrons. The van der Waals surface area contributed by atoms with Crippen molar-refractivity contribution in [3.63, 3.8) is 0 Å². The van der Waals surface area contributed by atoms with Crippen molar-refractivity contribution in [2.75, 3.05) is 0 Å². The van der Waals surface area contributed by atoms with Gasteiger partial charge in [-0.15, -0.1) is 0 Å². The predicted octanol–water partition coefficient (Wildman–Crippen LogP) is 2.14. The van der Waals surface area contributed by atoms with E-state index < -0.39 is 0 Å². The van der Waals surface area contributed by atoms with Crippen LogP contribution in [0.25, 0.3) is 0 Å². The Morgan fingerprint density at radius 2 is 2.00 bits per heavy atom. The smallest absolute Gasteiger partial charge is 0.256 e. The largest absolute Gasteiger partial charge is 0.508 e. The average molecular weight is 300 g/mol. The number of aromatic nitrogens is 1. The average Bonchev–Trinajstić information content (AvgIpc) is 2.46. The summed E-state index contributed by atoms with van der Waals surface area (Å²) in [7, 11) is 0. The fourth-order valence-corrected chi connectivity index (χ4v) is 2.17. The van der Waals surface area contributed by atoms with Gasteiger partial charge in [-0.2, -0.15) is 0 Å². The van der Waals surface area contributed by atoms with E-state index in [1.54, 1.807) is 19.1 Å². The van der Waals surface area contributed by atoms with E-state index in [-0.39, 0.29) is 28.7 Å². The Balaban J connectivity index is 1.91. The van der Waals surface area contributed by atoms with Crippen LogP contribution >= 0.6 is 0 Å². The number of nitrogens with one attached hydrogen (secondary N) is 2. The van der Waals surface area contributed by atoms with Crippen LogP contribution < -0.4 is 10.7 Å². The Hall–Kier alpha value is -2.56. The maximum atomic E-state index is 12.1. The molecule has 0 aliphatic rings. The van der Waals surface area contributed by atoms with Gasteiger partial charge in [-0.05, 0) is 44.4 Å². The summed E-state index contributed by atoms with van der Waals surface area (Å²) in [5.41, 5.74) is 1.66. The molecule has 0 spiro atoms. The molecule has 1 aromatic carbocycles. The van der Waals surface area contributed by atoms with E-state index in [4.69, 9.17) is 0 Å². The molecule has 3 N–H and O–H groups in total. The van der Waals surface area contributed by atoms with Crippen LogP contribution in [0.3, 0.4) is 0 Å². The summed E-state index contributed by atoms with van der Waals surface area (Å²) in [6, 6.07) is 8.36. The fourth-order valence-electron chi connectivity index (χ4n) is 2.17. The quantitative estimate of drug-likeness (QED) is 0.791. The predicted molar refractivity (Wildman–Crippen MR) is 85.2 cm³/mol. The van der Waals surface area contributed by atoms with Gasteiger partial charge in [0, 0.05) is 24.0 Å². The summed E-state index contributed by atoms with van der Waals surface area (Å²) in [4.78, 5) is 26.7. The van der Waals surface area contributed by atoms with Crippen molar-refractivity contribution in [1.82, 2.24) is 10.3 Å². The zero-order valence-corrected chi connectivity index (χ0v) is 12.7. The third-order valence-corrected chi connectivity index (χ3v) is 3.48. The lowest BCUT2D eigenvalue weighted by Crippen LogP contribution is -2.35. The lowest BCUT2D eigenvalue weighted by molar-refractivity contribution is 0.0937. The molecule has 5 heteroatoms. The van der Waals surface area contributed by atoms with Crippen LogP contribution in [0.15, 0.2) is 41.3 Å². The number of aromatic amines is 1. The number of amides is 1. The van der Waals surface area contributed by atoms with Crippen LogP contribution in [0, 0.1) is 6.92 Å². The van der Waals surface area contributed by atoms with Crippen molar-refractivity contribution in [2.24, 2.45) is 0 Å². The molecule has 1 heterocycles. The molecule has 0 saturated heterocycles. The normalized spacial score (nSPS) is 11.9. The number of hydrogen-bond donors (Lipinski definition) is 3. The van der Waals surface area contributed by atoms with Gasteiger partial charge in [0.05, 0.1) is 0 Å². The number of hydrogen-bond acceptors (Lipinski definition) is 3. The second kappa shape index (κ2) is 6.93. The summed E-state index contributed by atoms with van der Waals surface area (Å²) >= 11 is 0. The number of H-pyrrole nitrogens is 1. The van der Waals surface area contributed by atoms with Crippen LogP contribution in [0.1, 0.15) is 35.0 Å². The lowest BCUT2D eigenvalue weighted by Gasteiger charge is -2.13. The SMILES string of the molecule is Cc1cc(=O)c(C(=O)N[C@@H](C)CCc2ccc(O)cc2)c[nH]1. The van der Waals surface area contributed by atoms with Gasteiger partial charge >= 0.3 is 0 Å². The van der Waals surface area contributed by atoms with E-state index in [0.717, 1.165) is 24.1 Å². The first-order valence-electron chi connectivity index (χ1n) is 7.24. The molecule has 2 rings (SSSR count). The number of aromatic hydroxyl groups is 1. The molecule has 22 heavy (non-hydrogen) atoms. The van der Waals surface area contributed by atoms with E-state index in [1.807, 2.05) is 19.1 Å². The summed E-state index contributed by atoms with van der Waals surface area (Å²) in [5, 5.41) is 12.1. The van der Waals surface area contributed by atoms with Crippen molar-refractivity contribution < 1.29 is 9.90 Å². The minimum atomic E-state index is -0.362. The highest BCUT2D eigenvalue weighted by atomic mass is 16.3. The van der Waals surface area contributed by atoms with Crippen molar-refractivity contribution in [1.29, 1.82) is 0 Å². The van der Waals surface area contributed by atoms with E-state index in [1.165, 1.54) is 12.3 Å². The third kappa shape index (κ3) is 4.22. The maximum absolute atomic E-state index is 12.1. The number of carbonyl (C=O) groups excluding carboxylic acids is 1. The third-order valence-electron chi connectivity index (χ3n) is 3.48. The highest BCUT2D eigenvalue weighted by molar-refractivity contribution is 5.93. The Kier molecular flexibility index (Phi) is 4.99. The van der Waals surface area contributed by atoms with E-state index in [9.17, 15) is 14.7 Å². The monoisotopic (exact) mass is 300 g/mol. The minimum Gasteiger partial charge on any atom is -0.508 e. The second-order valence-electron chi connectivity index (χ2n) is 5.47. The first-order chi connectivity index (χ1) is 10.5. The highest BCUT2D eigenvalue weighted by Crippen LogP contribution is 2.12. The van der Waals surface area contributed by atoms with Crippen molar-refractivity contribution >= 4 is 5.91 Å². The van der Waals surface area contributed by atoms with Gasteiger partial charge in [0.15, 0.2) is 5.43 Å². The summed E-state index contributed by atoms with van der Waals surface area (Å²) in [6.45, 7) is 3.67. The summed E-state index contributed by atoms with van der Waals surface area (Å²) in [6.07, 6.45) is 2.98. The first-order valence-corrected chi connectivity index (χ1v) is 7.24. The fraction of sp³-hybridized carbons (Fsp3) is 0.294. The Bertz CT molecular complexity index is 705. The standard InChI is InChI=1S/C17H20N2O3/c1-11(3-4-13-5-7-14(20)8-6-13)19-17(22)15-10-18-12(2)9-16(15)21/h5-11,20H,3-4H2,1-2H3,(H,18,21)(H,19,22)/t11-/m0/s1. The van der Waals surface area contributed by atoms with Crippen LogP contribution in [0.5, 0.6) is 5.75 Å². The van der Waals surface area contributed by atoms with Crippen molar-refractivity contribution in [2.45, 2.75) is 32.7 Å². The zero-order valence-electron chi connectivity index (χ0n) is 12.7. The van der Waals surface area contributed by atoms with Gasteiger partial charge in [-0.1, -0.05) is 12.1 Å². The van der Waals surface area contributed by atoms with E-state index in [2.05, 4.69) is 10.3 Å². The number of pyridine rings is 1. The number of carbonyl (C=O) groups is 1. The lowest BCUT2D eigenvalue weighted by atomic mass is 10.1. The molecular weight excluding hydrogens is 280 g/mol. The zero-order chi connectivity index (χ0) is 16.1. The topological polar surface area (TPSA) is 82.2 Å². The van der Waals surface area contributed by atoms with Crippen LogP contribution in [0.4, 0.5) is 0 Å². The molecule has 2 aromatic rings. The molecule has 0 bridgehead atoms. The first kappa shape index (κ1) is 15.8. The van der Waals surface area contributed by atoms with E-state index >= 15 is 0 Å². The summed E-state index contributed by atoms with van der Waals surface area (Å²) < 4.78 is 0. The molecule has 5 nitrogen and oxygen atoms in total. The van der Waals surface area contributed by atoms with Gasteiger partial charge in [0.25, 0.3) is 5.91 Å². The van der Waals surface area contributed by atoms with Gasteiger partial charge < -0.3 is 15.4 Å². The number of aryl methyl sites for hydroxylation is 2. The Labute approximate surface area is 129 Å². The molecule has 0 aliphatic heterocycles. The van der Waals surface area contributed by atoms with E-state index in [0.29, 0.717) is 0 Å². The Morgan fingerprint density at radius 3 is 2.64 bits per heavy atom. The molecule has 116 valence electrons. The van der Waals surface area contributed by atoms with Gasteiger partial charge in [-0.3, -0.25) is 9.59 Å². The Morgan fingerprint density at radius 1 is 1.32 bits per heavy atom. The van der Waals surface area contributed by atoms with Crippen molar-refractivity contribution in [3.05, 3.63) is 63.6 Å². The van der Waals surface area contributed by atoms with Crippen LogP contribution in [0.2, 0.25) is 0 Å². The molecule has 1 atom stereocenters. The van der Waals surface area contributed by atoms with Gasteiger partial charge in [-0.25, -0.2) is 0 Å². The number of benzene rings is 1. The summed E-state index contributed by atoms with van der Waals surface area (Å²) in [5.74, 6) is -0.122. The number of rotatable bonds is 5. The number of phenols is 1. The molecular formula is C17H20N2O3. The molecule has 0 fully saturated rings. The highest BCUT2D eigenvalue weighted by Gasteiger charge is 2.13. The number of phenolic OH excluding ortho intramolecular Hbond substituents is 1. The molecule has 0 saturated carbocycles. The van der Waals surface area contributed by atoms with Gasteiger partial charge in [0.1, 0.15) is 11.3 Å². The second-order valence-corrected chi connectivity index (χ2v) is 5.47. The molecule has 1 amide bonds. The minimum absolute atomic E-state index is 0.0537. The van der Waals surface area contributed by atoms with Crippen LogP contribution in [-0.2, 0) is 6.42 Å². The maximum Gasteiger partial charge on any atom is 0.256 e. The van der Waals surface area contributed by atoms with Crippen LogP contribution in [-0.4, -0.2) is 22.0 Å². The molecule has 0 unspecified atom stereocenters. The van der Waals surface area contributed by atoms with Gasteiger partial charge in [0.2, 0.25) is 0 Å².